The molecule has 0 aliphatic rings. The lowest BCUT2D eigenvalue weighted by Crippen LogP contribution is -2.42. The predicted octanol–water partition coefficient (Wildman–Crippen LogP) is 2.02. The fourth-order valence-electron chi connectivity index (χ4n) is 1.91. The lowest BCUT2D eigenvalue weighted by Gasteiger charge is -2.09. The molecule has 2 amide bonds. The molecule has 2 aromatic rings. The minimum atomic E-state index is -1.30. The second kappa shape index (κ2) is 7.41. The van der Waals surface area contributed by atoms with Crippen LogP contribution in [0.4, 0.5) is 5.69 Å². The molecule has 0 radical (unpaired) electrons. The van der Waals surface area contributed by atoms with Crippen molar-refractivity contribution in [2.75, 3.05) is 0 Å². The first-order valence-electron chi connectivity index (χ1n) is 6.68. The second-order valence-corrected chi connectivity index (χ2v) is 5.09. The quantitative estimate of drug-likeness (QED) is 0.561. The number of hydrazine groups is 1. The van der Waals surface area contributed by atoms with Crippen LogP contribution in [0, 0.1) is 10.1 Å². The first-order chi connectivity index (χ1) is 11.8. The number of hydrogen-bond acceptors (Lipinski definition) is 5. The van der Waals surface area contributed by atoms with Crippen LogP contribution in [-0.4, -0.2) is 27.8 Å². The number of carboxylic acid groups (broad SMARTS) is 1. The van der Waals surface area contributed by atoms with Crippen LogP contribution < -0.4 is 10.9 Å². The Morgan fingerprint density at radius 1 is 1.00 bits per heavy atom. The molecule has 0 heterocycles. The number of carbonyl (C=O) groups excluding carboxylic acids is 2. The SMILES string of the molecule is O=C(NNC(=O)c1ccccc1C(=O)O)c1ccc(Cl)c([N+](=O)[O-])c1. The number of amides is 2. The highest BCUT2D eigenvalue weighted by Gasteiger charge is 2.18. The molecule has 0 aliphatic heterocycles. The largest absolute Gasteiger partial charge is 0.478 e. The fourth-order valence-corrected chi connectivity index (χ4v) is 2.10. The van der Waals surface area contributed by atoms with E-state index in [0.29, 0.717) is 0 Å². The highest BCUT2D eigenvalue weighted by Crippen LogP contribution is 2.24. The van der Waals surface area contributed by atoms with Crippen LogP contribution in [0.1, 0.15) is 31.1 Å². The number of benzene rings is 2. The number of nitro benzene ring substituents is 1. The molecule has 0 saturated heterocycles. The zero-order chi connectivity index (χ0) is 18.6. The van der Waals surface area contributed by atoms with Crippen LogP contribution in [0.5, 0.6) is 0 Å². The highest BCUT2D eigenvalue weighted by atomic mass is 35.5. The van der Waals surface area contributed by atoms with Gasteiger partial charge in [0, 0.05) is 11.6 Å². The molecular formula is C15H10ClN3O6. The van der Waals surface area contributed by atoms with Crippen molar-refractivity contribution < 1.29 is 24.4 Å². The molecule has 2 rings (SSSR count). The van der Waals surface area contributed by atoms with E-state index < -0.39 is 28.4 Å². The summed E-state index contributed by atoms with van der Waals surface area (Å²) in [6.45, 7) is 0. The molecule has 3 N–H and O–H groups in total. The van der Waals surface area contributed by atoms with E-state index in [4.69, 9.17) is 16.7 Å². The van der Waals surface area contributed by atoms with Crippen molar-refractivity contribution in [1.82, 2.24) is 10.9 Å². The lowest BCUT2D eigenvalue weighted by atomic mass is 10.1. The van der Waals surface area contributed by atoms with Gasteiger partial charge in [-0.1, -0.05) is 23.7 Å². The molecule has 0 saturated carbocycles. The summed E-state index contributed by atoms with van der Waals surface area (Å²) in [6, 6.07) is 8.80. The van der Waals surface area contributed by atoms with Crippen LogP contribution in [0.25, 0.3) is 0 Å². The summed E-state index contributed by atoms with van der Waals surface area (Å²) in [7, 11) is 0. The fraction of sp³-hybridized carbons (Fsp3) is 0. The van der Waals surface area contributed by atoms with Gasteiger partial charge in [0.2, 0.25) is 0 Å². The minimum absolute atomic E-state index is 0.108. The third-order valence-corrected chi connectivity index (χ3v) is 3.42. The molecule has 9 nitrogen and oxygen atoms in total. The van der Waals surface area contributed by atoms with Gasteiger partial charge in [0.05, 0.1) is 16.1 Å². The highest BCUT2D eigenvalue weighted by molar-refractivity contribution is 6.32. The van der Waals surface area contributed by atoms with Gasteiger partial charge >= 0.3 is 5.97 Å². The molecule has 0 aliphatic carbocycles. The molecule has 0 unspecified atom stereocenters. The van der Waals surface area contributed by atoms with Gasteiger partial charge in [-0.25, -0.2) is 4.79 Å². The van der Waals surface area contributed by atoms with Crippen molar-refractivity contribution in [3.63, 3.8) is 0 Å². The van der Waals surface area contributed by atoms with E-state index in [1.807, 2.05) is 0 Å². The number of nitrogens with one attached hydrogen (secondary N) is 2. The number of aromatic carboxylic acids is 1. The Morgan fingerprint density at radius 2 is 1.60 bits per heavy atom. The predicted molar refractivity (Wildman–Crippen MR) is 86.4 cm³/mol. The smallest absolute Gasteiger partial charge is 0.336 e. The van der Waals surface area contributed by atoms with Gasteiger partial charge < -0.3 is 5.11 Å². The zero-order valence-corrected chi connectivity index (χ0v) is 13.1. The summed E-state index contributed by atoms with van der Waals surface area (Å²) >= 11 is 5.65. The van der Waals surface area contributed by atoms with Gasteiger partial charge in [-0.3, -0.25) is 30.6 Å². The van der Waals surface area contributed by atoms with Crippen molar-refractivity contribution in [1.29, 1.82) is 0 Å². The Balaban J connectivity index is 2.13. The van der Waals surface area contributed by atoms with E-state index in [1.54, 1.807) is 0 Å². The Morgan fingerprint density at radius 3 is 2.20 bits per heavy atom. The number of hydrogen-bond donors (Lipinski definition) is 3. The molecule has 10 heteroatoms. The van der Waals surface area contributed by atoms with Crippen LogP contribution >= 0.6 is 11.6 Å². The standard InChI is InChI=1S/C15H10ClN3O6/c16-11-6-5-8(7-12(11)19(24)25)13(20)17-18-14(21)9-3-1-2-4-10(9)15(22)23/h1-7H,(H,17,20)(H,18,21)(H,22,23). The van der Waals surface area contributed by atoms with Crippen LogP contribution in [0.2, 0.25) is 5.02 Å². The van der Waals surface area contributed by atoms with Gasteiger partial charge in [-0.15, -0.1) is 0 Å². The van der Waals surface area contributed by atoms with Gasteiger partial charge in [0.15, 0.2) is 0 Å². The third kappa shape index (κ3) is 4.09. The van der Waals surface area contributed by atoms with Crippen LogP contribution in [-0.2, 0) is 0 Å². The van der Waals surface area contributed by atoms with Gasteiger partial charge in [0.25, 0.3) is 17.5 Å². The van der Waals surface area contributed by atoms with Crippen molar-refractivity contribution >= 4 is 35.1 Å². The Labute approximate surface area is 145 Å². The topological polar surface area (TPSA) is 139 Å². The molecule has 25 heavy (non-hydrogen) atoms. The zero-order valence-electron chi connectivity index (χ0n) is 12.4. The maximum Gasteiger partial charge on any atom is 0.336 e. The van der Waals surface area contributed by atoms with Crippen molar-refractivity contribution in [3.05, 3.63) is 74.3 Å². The summed E-state index contributed by atoms with van der Waals surface area (Å²) in [6.07, 6.45) is 0. The number of nitrogens with zero attached hydrogens (tertiary/aromatic N) is 1. The number of carbonyl (C=O) groups is 3. The van der Waals surface area contributed by atoms with E-state index in [9.17, 15) is 24.5 Å². The number of nitro groups is 1. The Hall–Kier alpha value is -3.46. The molecule has 2 aromatic carbocycles. The normalized spacial score (nSPS) is 9.96. The number of carboxylic acids is 1. The summed E-state index contributed by atoms with van der Waals surface area (Å²) < 4.78 is 0. The van der Waals surface area contributed by atoms with Crippen molar-refractivity contribution in [2.45, 2.75) is 0 Å². The van der Waals surface area contributed by atoms with Crippen LogP contribution in [0.3, 0.4) is 0 Å². The van der Waals surface area contributed by atoms with Crippen LogP contribution in [0.15, 0.2) is 42.5 Å². The molecule has 0 spiro atoms. The van der Waals surface area contributed by atoms with E-state index in [1.165, 1.54) is 36.4 Å². The first-order valence-corrected chi connectivity index (χ1v) is 7.06. The minimum Gasteiger partial charge on any atom is -0.478 e. The molecular weight excluding hydrogens is 354 g/mol. The average molecular weight is 364 g/mol. The van der Waals surface area contributed by atoms with E-state index in [0.717, 1.165) is 6.07 Å². The molecule has 0 fully saturated rings. The van der Waals surface area contributed by atoms with Crippen molar-refractivity contribution in [2.24, 2.45) is 0 Å². The Kier molecular flexibility index (Phi) is 5.30. The van der Waals surface area contributed by atoms with E-state index in [2.05, 4.69) is 10.9 Å². The third-order valence-electron chi connectivity index (χ3n) is 3.10. The summed E-state index contributed by atoms with van der Waals surface area (Å²) in [5, 5.41) is 19.7. The average Bonchev–Trinajstić information content (AvgIpc) is 2.59. The van der Waals surface area contributed by atoms with Gasteiger partial charge in [-0.2, -0.15) is 0 Å². The summed E-state index contributed by atoms with van der Waals surface area (Å²) in [5.41, 5.74) is 3.14. The number of halogens is 1. The number of rotatable bonds is 4. The first kappa shape index (κ1) is 17.9. The van der Waals surface area contributed by atoms with E-state index in [-0.39, 0.29) is 21.7 Å². The molecule has 0 atom stereocenters. The Bertz CT molecular complexity index is 883. The lowest BCUT2D eigenvalue weighted by molar-refractivity contribution is -0.384. The molecule has 0 bridgehead atoms. The summed E-state index contributed by atoms with van der Waals surface area (Å²) in [5.74, 6) is -2.99. The summed E-state index contributed by atoms with van der Waals surface area (Å²) in [4.78, 5) is 45.1. The van der Waals surface area contributed by atoms with Gasteiger partial charge in [-0.05, 0) is 24.3 Å². The maximum absolute atomic E-state index is 12.0. The monoisotopic (exact) mass is 363 g/mol. The second-order valence-electron chi connectivity index (χ2n) is 4.68. The van der Waals surface area contributed by atoms with Gasteiger partial charge in [0.1, 0.15) is 5.02 Å². The van der Waals surface area contributed by atoms with E-state index >= 15 is 0 Å². The van der Waals surface area contributed by atoms with Crippen molar-refractivity contribution in [3.8, 4) is 0 Å². The molecule has 128 valence electrons. The maximum atomic E-state index is 12.0. The molecule has 0 aromatic heterocycles.